The van der Waals surface area contributed by atoms with Gasteiger partial charge in [0.2, 0.25) is 10.0 Å². The second-order valence-electron chi connectivity index (χ2n) is 7.13. The van der Waals surface area contributed by atoms with Crippen LogP contribution in [0, 0.1) is 0 Å². The summed E-state index contributed by atoms with van der Waals surface area (Å²) in [4.78, 5) is 17.3. The van der Waals surface area contributed by atoms with Crippen LogP contribution in [0.2, 0.25) is 0 Å². The highest BCUT2D eigenvalue weighted by Gasteiger charge is 2.28. The van der Waals surface area contributed by atoms with Crippen molar-refractivity contribution in [2.75, 3.05) is 13.1 Å². The van der Waals surface area contributed by atoms with E-state index < -0.39 is 10.0 Å². The van der Waals surface area contributed by atoms with Crippen LogP contribution < -0.4 is 5.32 Å². The maximum absolute atomic E-state index is 13.1. The standard InChI is InChI=1S/C22H23N3O3S/c26-22(19-12-13-23-20-10-4-3-9-18(19)20)24-16-17-8-2-5-11-21(17)29(27,28)25-14-6-1-7-15-25/h2-5,8-13H,1,6-7,14-16H2,(H,24,26). The van der Waals surface area contributed by atoms with Crippen LogP contribution in [-0.2, 0) is 16.6 Å². The number of nitrogens with zero attached hydrogens (tertiary/aromatic N) is 2. The molecule has 0 spiro atoms. The van der Waals surface area contributed by atoms with E-state index in [-0.39, 0.29) is 17.3 Å². The Bertz CT molecular complexity index is 1130. The summed E-state index contributed by atoms with van der Waals surface area (Å²) in [6, 6.07) is 16.0. The highest BCUT2D eigenvalue weighted by atomic mass is 32.2. The van der Waals surface area contributed by atoms with Gasteiger partial charge in [-0.3, -0.25) is 9.78 Å². The van der Waals surface area contributed by atoms with Crippen LogP contribution in [0.5, 0.6) is 0 Å². The average Bonchev–Trinajstić information content (AvgIpc) is 2.78. The Morgan fingerprint density at radius 1 is 0.966 bits per heavy atom. The summed E-state index contributed by atoms with van der Waals surface area (Å²) in [6.45, 7) is 1.23. The number of hydrogen-bond donors (Lipinski definition) is 1. The number of carbonyl (C=O) groups is 1. The summed E-state index contributed by atoms with van der Waals surface area (Å²) >= 11 is 0. The third kappa shape index (κ3) is 4.02. The van der Waals surface area contributed by atoms with Gasteiger partial charge in [-0.15, -0.1) is 0 Å². The molecule has 0 unspecified atom stereocenters. The van der Waals surface area contributed by atoms with E-state index in [1.807, 2.05) is 24.3 Å². The number of aromatic nitrogens is 1. The van der Waals surface area contributed by atoms with Crippen LogP contribution in [0.25, 0.3) is 10.9 Å². The minimum absolute atomic E-state index is 0.138. The lowest BCUT2D eigenvalue weighted by molar-refractivity contribution is 0.0952. The van der Waals surface area contributed by atoms with Gasteiger partial charge in [-0.05, 0) is 36.6 Å². The maximum atomic E-state index is 13.1. The van der Waals surface area contributed by atoms with Crippen LogP contribution >= 0.6 is 0 Å². The third-order valence-electron chi connectivity index (χ3n) is 5.24. The Balaban J connectivity index is 1.57. The number of rotatable bonds is 5. The molecule has 2 heterocycles. The fourth-order valence-corrected chi connectivity index (χ4v) is 5.45. The molecular formula is C22H23N3O3S. The molecule has 1 N–H and O–H groups in total. The molecular weight excluding hydrogens is 386 g/mol. The minimum atomic E-state index is -3.57. The molecule has 0 saturated carbocycles. The second kappa shape index (κ2) is 8.31. The number of fused-ring (bicyclic) bond motifs is 1. The predicted molar refractivity (Wildman–Crippen MR) is 112 cm³/mol. The molecule has 1 saturated heterocycles. The summed E-state index contributed by atoms with van der Waals surface area (Å²) in [7, 11) is -3.57. The van der Waals surface area contributed by atoms with Crippen molar-refractivity contribution in [2.24, 2.45) is 0 Å². The van der Waals surface area contributed by atoms with Gasteiger partial charge in [-0.25, -0.2) is 8.42 Å². The van der Waals surface area contributed by atoms with E-state index in [0.29, 0.717) is 24.2 Å². The minimum Gasteiger partial charge on any atom is -0.348 e. The molecule has 1 aliphatic rings. The molecule has 2 aromatic carbocycles. The van der Waals surface area contributed by atoms with E-state index in [4.69, 9.17) is 0 Å². The monoisotopic (exact) mass is 409 g/mol. The summed E-state index contributed by atoms with van der Waals surface area (Å²) in [5.74, 6) is -0.256. The number of carbonyl (C=O) groups excluding carboxylic acids is 1. The first kappa shape index (κ1) is 19.5. The fourth-order valence-electron chi connectivity index (χ4n) is 3.71. The zero-order chi connectivity index (χ0) is 20.3. The van der Waals surface area contributed by atoms with Crippen molar-refractivity contribution >= 4 is 26.8 Å². The molecule has 7 heteroatoms. The molecule has 0 atom stereocenters. The lowest BCUT2D eigenvalue weighted by atomic mass is 10.1. The molecule has 0 bridgehead atoms. The molecule has 150 valence electrons. The number of para-hydroxylation sites is 1. The third-order valence-corrected chi connectivity index (χ3v) is 7.24. The van der Waals surface area contributed by atoms with Gasteiger partial charge in [-0.2, -0.15) is 4.31 Å². The first-order valence-corrected chi connectivity index (χ1v) is 11.2. The van der Waals surface area contributed by atoms with E-state index in [9.17, 15) is 13.2 Å². The Morgan fingerprint density at radius 2 is 1.69 bits per heavy atom. The van der Waals surface area contributed by atoms with Crippen molar-refractivity contribution in [3.8, 4) is 0 Å². The SMILES string of the molecule is O=C(NCc1ccccc1S(=O)(=O)N1CCCCC1)c1ccnc2ccccc12. The van der Waals surface area contributed by atoms with E-state index in [1.165, 1.54) is 0 Å². The van der Waals surface area contributed by atoms with Crippen LogP contribution in [-0.4, -0.2) is 36.7 Å². The van der Waals surface area contributed by atoms with Gasteiger partial charge in [0.25, 0.3) is 5.91 Å². The number of sulfonamides is 1. The van der Waals surface area contributed by atoms with Gasteiger partial charge in [0.05, 0.1) is 16.0 Å². The molecule has 1 amide bonds. The van der Waals surface area contributed by atoms with Crippen molar-refractivity contribution in [3.05, 3.63) is 71.9 Å². The van der Waals surface area contributed by atoms with Gasteiger partial charge < -0.3 is 5.32 Å². The zero-order valence-corrected chi connectivity index (χ0v) is 16.9. The lowest BCUT2D eigenvalue weighted by Crippen LogP contribution is -2.36. The highest BCUT2D eigenvalue weighted by molar-refractivity contribution is 7.89. The second-order valence-corrected chi connectivity index (χ2v) is 9.04. The molecule has 3 aromatic rings. The molecule has 1 fully saturated rings. The van der Waals surface area contributed by atoms with Gasteiger partial charge in [0.1, 0.15) is 0 Å². The summed E-state index contributed by atoms with van der Waals surface area (Å²) in [5.41, 5.74) is 1.85. The smallest absolute Gasteiger partial charge is 0.252 e. The van der Waals surface area contributed by atoms with E-state index >= 15 is 0 Å². The summed E-state index contributed by atoms with van der Waals surface area (Å²) in [6.07, 6.45) is 4.43. The van der Waals surface area contributed by atoms with E-state index in [2.05, 4.69) is 10.3 Å². The summed E-state index contributed by atoms with van der Waals surface area (Å²) < 4.78 is 27.8. The van der Waals surface area contributed by atoms with E-state index in [0.717, 1.165) is 30.2 Å². The van der Waals surface area contributed by atoms with E-state index in [1.54, 1.807) is 40.8 Å². The normalized spacial score (nSPS) is 15.3. The molecule has 4 rings (SSSR count). The number of nitrogens with one attached hydrogen (secondary N) is 1. The van der Waals surface area contributed by atoms with Crippen molar-refractivity contribution in [1.82, 2.24) is 14.6 Å². The number of benzene rings is 2. The quantitative estimate of drug-likeness (QED) is 0.701. The molecule has 1 aromatic heterocycles. The molecule has 0 radical (unpaired) electrons. The van der Waals surface area contributed by atoms with Crippen molar-refractivity contribution in [1.29, 1.82) is 0 Å². The van der Waals surface area contributed by atoms with Gasteiger partial charge >= 0.3 is 0 Å². The fraction of sp³-hybridized carbons (Fsp3) is 0.273. The first-order chi connectivity index (χ1) is 14.1. The average molecular weight is 410 g/mol. The zero-order valence-electron chi connectivity index (χ0n) is 16.0. The topological polar surface area (TPSA) is 79.4 Å². The van der Waals surface area contributed by atoms with Crippen LogP contribution in [0.4, 0.5) is 0 Å². The molecule has 0 aliphatic carbocycles. The highest BCUT2D eigenvalue weighted by Crippen LogP contribution is 2.24. The number of piperidine rings is 1. The van der Waals surface area contributed by atoms with Crippen LogP contribution in [0.1, 0.15) is 35.2 Å². The van der Waals surface area contributed by atoms with Gasteiger partial charge in [-0.1, -0.05) is 42.8 Å². The van der Waals surface area contributed by atoms with Crippen LogP contribution in [0.15, 0.2) is 65.7 Å². The van der Waals surface area contributed by atoms with Gasteiger partial charge in [0, 0.05) is 31.2 Å². The maximum Gasteiger partial charge on any atom is 0.252 e. The Kier molecular flexibility index (Phi) is 5.60. The first-order valence-electron chi connectivity index (χ1n) is 9.77. The Labute approximate surface area is 170 Å². The Hall–Kier alpha value is -2.77. The number of hydrogen-bond acceptors (Lipinski definition) is 4. The summed E-state index contributed by atoms with van der Waals surface area (Å²) in [5, 5.41) is 3.64. The molecule has 1 aliphatic heterocycles. The predicted octanol–water partition coefficient (Wildman–Crippen LogP) is 3.34. The largest absolute Gasteiger partial charge is 0.348 e. The van der Waals surface area contributed by atoms with Gasteiger partial charge in [0.15, 0.2) is 0 Å². The number of amides is 1. The molecule has 6 nitrogen and oxygen atoms in total. The van der Waals surface area contributed by atoms with Crippen molar-refractivity contribution < 1.29 is 13.2 Å². The number of pyridine rings is 1. The van der Waals surface area contributed by atoms with Crippen LogP contribution in [0.3, 0.4) is 0 Å². The molecule has 29 heavy (non-hydrogen) atoms. The lowest BCUT2D eigenvalue weighted by Gasteiger charge is -2.26. The van der Waals surface area contributed by atoms with Crippen molar-refractivity contribution in [2.45, 2.75) is 30.7 Å². The van der Waals surface area contributed by atoms with Crippen molar-refractivity contribution in [3.63, 3.8) is 0 Å². The Morgan fingerprint density at radius 3 is 2.52 bits per heavy atom.